The number of nitrogen functional groups attached to an aromatic ring is 1. The highest BCUT2D eigenvalue weighted by Gasteiger charge is 2.41. The fourth-order valence-corrected chi connectivity index (χ4v) is 3.87. The Morgan fingerprint density at radius 3 is 2.23 bits per heavy atom. The zero-order chi connectivity index (χ0) is 22.1. The van der Waals surface area contributed by atoms with Gasteiger partial charge in [-0.25, -0.2) is 9.78 Å². The summed E-state index contributed by atoms with van der Waals surface area (Å²) in [6.45, 7) is 5.60. The maximum Gasteiger partial charge on any atom is 0.408 e. The van der Waals surface area contributed by atoms with Crippen LogP contribution in [0.4, 0.5) is 10.6 Å². The molecule has 0 unspecified atom stereocenters. The molecule has 1 fully saturated rings. The van der Waals surface area contributed by atoms with Crippen molar-refractivity contribution < 1.29 is 9.53 Å². The molecule has 0 spiro atoms. The first-order valence-electron chi connectivity index (χ1n) is 10.6. The SMILES string of the molecule is CC(C)(C)OC(=O)NC1(c2ccc(-c3ncc(N)nc3-c3ccccc3)cc2)CCC1. The number of alkyl carbamates (subject to hydrolysis) is 1. The Morgan fingerprint density at radius 1 is 1.00 bits per heavy atom. The second-order valence-corrected chi connectivity index (χ2v) is 9.00. The minimum atomic E-state index is -0.527. The highest BCUT2D eigenvalue weighted by Crippen LogP contribution is 2.42. The van der Waals surface area contributed by atoms with Gasteiger partial charge in [0.15, 0.2) is 0 Å². The molecule has 6 heteroatoms. The molecule has 31 heavy (non-hydrogen) atoms. The summed E-state index contributed by atoms with van der Waals surface area (Å²) in [7, 11) is 0. The summed E-state index contributed by atoms with van der Waals surface area (Å²) < 4.78 is 5.48. The first-order chi connectivity index (χ1) is 14.8. The van der Waals surface area contributed by atoms with Crippen molar-refractivity contribution in [1.82, 2.24) is 15.3 Å². The van der Waals surface area contributed by atoms with Crippen molar-refractivity contribution in [2.75, 3.05) is 5.73 Å². The summed E-state index contributed by atoms with van der Waals surface area (Å²) in [6, 6.07) is 18.1. The van der Waals surface area contributed by atoms with E-state index in [9.17, 15) is 4.79 Å². The van der Waals surface area contributed by atoms with Gasteiger partial charge >= 0.3 is 6.09 Å². The van der Waals surface area contributed by atoms with E-state index in [1.807, 2.05) is 63.2 Å². The molecule has 4 rings (SSSR count). The van der Waals surface area contributed by atoms with Crippen molar-refractivity contribution in [3.05, 3.63) is 66.4 Å². The topological polar surface area (TPSA) is 90.1 Å². The molecule has 0 radical (unpaired) electrons. The van der Waals surface area contributed by atoms with Crippen LogP contribution in [-0.4, -0.2) is 21.7 Å². The van der Waals surface area contributed by atoms with E-state index < -0.39 is 5.60 Å². The number of carbonyl (C=O) groups excluding carboxylic acids is 1. The van der Waals surface area contributed by atoms with Crippen LogP contribution in [0.3, 0.4) is 0 Å². The van der Waals surface area contributed by atoms with Crippen LogP contribution in [0.2, 0.25) is 0 Å². The summed E-state index contributed by atoms with van der Waals surface area (Å²) in [6.07, 6.45) is 4.05. The van der Waals surface area contributed by atoms with E-state index in [4.69, 9.17) is 10.5 Å². The van der Waals surface area contributed by atoms with Gasteiger partial charge in [0.2, 0.25) is 0 Å². The number of nitrogens with two attached hydrogens (primary N) is 1. The highest BCUT2D eigenvalue weighted by molar-refractivity contribution is 5.78. The number of hydrogen-bond donors (Lipinski definition) is 2. The van der Waals surface area contributed by atoms with Gasteiger partial charge in [-0.1, -0.05) is 54.6 Å². The van der Waals surface area contributed by atoms with E-state index in [1.165, 1.54) is 0 Å². The van der Waals surface area contributed by atoms with E-state index in [1.54, 1.807) is 6.20 Å². The van der Waals surface area contributed by atoms with Crippen LogP contribution >= 0.6 is 0 Å². The normalized spacial score (nSPS) is 15.1. The first-order valence-corrected chi connectivity index (χ1v) is 10.6. The van der Waals surface area contributed by atoms with Crippen LogP contribution < -0.4 is 11.1 Å². The zero-order valence-electron chi connectivity index (χ0n) is 18.2. The number of nitrogens with one attached hydrogen (secondary N) is 1. The lowest BCUT2D eigenvalue weighted by molar-refractivity contribution is 0.0377. The predicted octanol–water partition coefficient (Wildman–Crippen LogP) is 5.30. The molecule has 0 saturated heterocycles. The average molecular weight is 417 g/mol. The van der Waals surface area contributed by atoms with E-state index in [-0.39, 0.29) is 11.6 Å². The second kappa shape index (κ2) is 8.02. The molecule has 1 aliphatic rings. The van der Waals surface area contributed by atoms with Crippen molar-refractivity contribution in [2.45, 2.75) is 51.2 Å². The Kier molecular flexibility index (Phi) is 5.39. The molecule has 1 heterocycles. The van der Waals surface area contributed by atoms with E-state index >= 15 is 0 Å². The van der Waals surface area contributed by atoms with Gasteiger partial charge in [-0.3, -0.25) is 4.98 Å². The average Bonchev–Trinajstić information content (AvgIpc) is 2.70. The van der Waals surface area contributed by atoms with Gasteiger partial charge in [0.05, 0.1) is 23.1 Å². The molecule has 1 aromatic heterocycles. The molecular formula is C25H28N4O2. The maximum absolute atomic E-state index is 12.4. The zero-order valence-corrected chi connectivity index (χ0v) is 18.2. The standard InChI is InChI=1S/C25H28N4O2/c1-24(2,3)31-23(30)29-25(14-7-15-25)19-12-10-18(11-13-19)21-22(28-20(26)16-27-21)17-8-5-4-6-9-17/h4-6,8-13,16H,7,14-15H2,1-3H3,(H2,26,28)(H,29,30). The molecule has 160 valence electrons. The molecule has 0 bridgehead atoms. The van der Waals surface area contributed by atoms with Crippen molar-refractivity contribution in [3.8, 4) is 22.5 Å². The summed E-state index contributed by atoms with van der Waals surface area (Å²) >= 11 is 0. The largest absolute Gasteiger partial charge is 0.444 e. The van der Waals surface area contributed by atoms with Gasteiger partial charge in [-0.15, -0.1) is 0 Å². The number of carbonyl (C=O) groups is 1. The first kappa shape index (κ1) is 20.8. The molecule has 1 amide bonds. The summed E-state index contributed by atoms with van der Waals surface area (Å²) in [4.78, 5) is 21.5. The fraction of sp³-hybridized carbons (Fsp3) is 0.320. The molecule has 1 saturated carbocycles. The lowest BCUT2D eigenvalue weighted by Gasteiger charge is -2.43. The van der Waals surface area contributed by atoms with Gasteiger partial charge in [0.1, 0.15) is 11.4 Å². The lowest BCUT2D eigenvalue weighted by Crippen LogP contribution is -2.52. The smallest absolute Gasteiger partial charge is 0.408 e. The number of amides is 1. The van der Waals surface area contributed by atoms with Crippen molar-refractivity contribution in [1.29, 1.82) is 0 Å². The minimum Gasteiger partial charge on any atom is -0.444 e. The van der Waals surface area contributed by atoms with Crippen molar-refractivity contribution in [3.63, 3.8) is 0 Å². The molecule has 3 N–H and O–H groups in total. The van der Waals surface area contributed by atoms with Crippen molar-refractivity contribution >= 4 is 11.9 Å². The summed E-state index contributed by atoms with van der Waals surface area (Å²) in [5.74, 6) is 0.384. The molecular weight excluding hydrogens is 388 g/mol. The number of aromatic nitrogens is 2. The van der Waals surface area contributed by atoms with Crippen LogP contribution in [-0.2, 0) is 10.3 Å². The number of benzene rings is 2. The van der Waals surface area contributed by atoms with Crippen molar-refractivity contribution in [2.24, 2.45) is 0 Å². The van der Waals surface area contributed by atoms with Gasteiger partial charge < -0.3 is 15.8 Å². The maximum atomic E-state index is 12.4. The third-order valence-electron chi connectivity index (χ3n) is 5.50. The number of rotatable bonds is 4. The highest BCUT2D eigenvalue weighted by atomic mass is 16.6. The quantitative estimate of drug-likeness (QED) is 0.602. The predicted molar refractivity (Wildman–Crippen MR) is 122 cm³/mol. The van der Waals surface area contributed by atoms with Crippen LogP contribution in [0.25, 0.3) is 22.5 Å². The van der Waals surface area contributed by atoms with Gasteiger partial charge in [0, 0.05) is 11.1 Å². The van der Waals surface area contributed by atoms with Crippen LogP contribution in [0.15, 0.2) is 60.8 Å². The number of hydrogen-bond acceptors (Lipinski definition) is 5. The van der Waals surface area contributed by atoms with E-state index in [0.29, 0.717) is 5.82 Å². The van der Waals surface area contributed by atoms with E-state index in [0.717, 1.165) is 47.3 Å². The third kappa shape index (κ3) is 4.53. The summed E-state index contributed by atoms with van der Waals surface area (Å²) in [5.41, 5.74) is 9.50. The molecule has 0 atom stereocenters. The summed E-state index contributed by atoms with van der Waals surface area (Å²) in [5, 5.41) is 3.10. The Labute approximate surface area is 182 Å². The fourth-order valence-electron chi connectivity index (χ4n) is 3.87. The lowest BCUT2D eigenvalue weighted by atomic mass is 9.71. The molecule has 1 aliphatic carbocycles. The van der Waals surface area contributed by atoms with Gasteiger partial charge in [-0.05, 0) is 45.6 Å². The molecule has 3 aromatic rings. The third-order valence-corrected chi connectivity index (χ3v) is 5.50. The number of ether oxygens (including phenoxy) is 1. The van der Waals surface area contributed by atoms with Crippen LogP contribution in [0.1, 0.15) is 45.6 Å². The Morgan fingerprint density at radius 2 is 1.65 bits per heavy atom. The molecule has 0 aliphatic heterocycles. The van der Waals surface area contributed by atoms with Gasteiger partial charge in [-0.2, -0.15) is 0 Å². The monoisotopic (exact) mass is 416 g/mol. The van der Waals surface area contributed by atoms with Gasteiger partial charge in [0.25, 0.3) is 0 Å². The minimum absolute atomic E-state index is 0.379. The number of nitrogens with zero attached hydrogens (tertiary/aromatic N) is 2. The Balaban J connectivity index is 1.63. The molecule has 2 aromatic carbocycles. The van der Waals surface area contributed by atoms with E-state index in [2.05, 4.69) is 27.4 Å². The second-order valence-electron chi connectivity index (χ2n) is 9.00. The van der Waals surface area contributed by atoms with Crippen LogP contribution in [0.5, 0.6) is 0 Å². The molecule has 6 nitrogen and oxygen atoms in total. The number of anilines is 1. The van der Waals surface area contributed by atoms with Crippen LogP contribution in [0, 0.1) is 0 Å². The Hall–Kier alpha value is -3.41. The Bertz CT molecular complexity index is 1070.